The summed E-state index contributed by atoms with van der Waals surface area (Å²) < 4.78 is 40.0. The Hall–Kier alpha value is -2.71. The molecule has 0 unspecified atom stereocenters. The summed E-state index contributed by atoms with van der Waals surface area (Å²) in [5.74, 6) is 0. The lowest BCUT2D eigenvalue weighted by Crippen LogP contribution is -2.14. The largest absolute Gasteiger partial charge is 0.416 e. The third-order valence-corrected chi connectivity index (χ3v) is 3.00. The number of hydrogen-bond donors (Lipinski definition) is 1. The summed E-state index contributed by atoms with van der Waals surface area (Å²) >= 11 is 0. The molecule has 9 heteroatoms. The number of alkyl halides is 3. The van der Waals surface area contributed by atoms with Crippen LogP contribution in [-0.2, 0) is 12.7 Å². The molecule has 0 aliphatic rings. The fourth-order valence-corrected chi connectivity index (χ4v) is 2.03. The van der Waals surface area contributed by atoms with Crippen LogP contribution in [0.5, 0.6) is 0 Å². The SMILES string of the molecule is O=c1[nH]nnc2c1cnn2Cc1ccccc1C(F)(F)F. The van der Waals surface area contributed by atoms with Crippen LogP contribution in [0.3, 0.4) is 0 Å². The van der Waals surface area contributed by atoms with E-state index in [1.54, 1.807) is 0 Å². The van der Waals surface area contributed by atoms with Gasteiger partial charge in [-0.1, -0.05) is 23.4 Å². The first-order valence-electron chi connectivity index (χ1n) is 5.89. The smallest absolute Gasteiger partial charge is 0.267 e. The Morgan fingerprint density at radius 1 is 1.24 bits per heavy atom. The quantitative estimate of drug-likeness (QED) is 0.778. The number of nitrogens with one attached hydrogen (secondary N) is 1. The van der Waals surface area contributed by atoms with E-state index >= 15 is 0 Å². The Bertz CT molecular complexity index is 852. The van der Waals surface area contributed by atoms with Gasteiger partial charge >= 0.3 is 6.18 Å². The molecule has 0 saturated heterocycles. The zero-order valence-electron chi connectivity index (χ0n) is 10.4. The zero-order valence-corrected chi connectivity index (χ0v) is 10.4. The Morgan fingerprint density at radius 3 is 2.76 bits per heavy atom. The van der Waals surface area contributed by atoms with Crippen molar-refractivity contribution in [2.75, 3.05) is 0 Å². The molecule has 0 saturated carbocycles. The summed E-state index contributed by atoms with van der Waals surface area (Å²) in [6.07, 6.45) is -3.21. The van der Waals surface area contributed by atoms with Crippen LogP contribution in [0.2, 0.25) is 0 Å². The van der Waals surface area contributed by atoms with E-state index in [2.05, 4.69) is 20.5 Å². The Labute approximate surface area is 115 Å². The van der Waals surface area contributed by atoms with Gasteiger partial charge in [0.1, 0.15) is 5.39 Å². The molecule has 0 amide bonds. The number of halogens is 3. The van der Waals surface area contributed by atoms with Gasteiger partial charge in [0.25, 0.3) is 5.56 Å². The first kappa shape index (κ1) is 13.3. The van der Waals surface area contributed by atoms with Crippen LogP contribution < -0.4 is 5.56 Å². The number of benzene rings is 1. The summed E-state index contributed by atoms with van der Waals surface area (Å²) in [7, 11) is 0. The van der Waals surface area contributed by atoms with Crippen molar-refractivity contribution in [3.63, 3.8) is 0 Å². The lowest BCUT2D eigenvalue weighted by atomic mass is 10.1. The monoisotopic (exact) mass is 295 g/mol. The van der Waals surface area contributed by atoms with Gasteiger partial charge in [-0.25, -0.2) is 9.78 Å². The minimum absolute atomic E-state index is 0.0390. The van der Waals surface area contributed by atoms with Crippen LogP contribution in [0.15, 0.2) is 35.3 Å². The van der Waals surface area contributed by atoms with Crippen molar-refractivity contribution in [3.8, 4) is 0 Å². The van der Waals surface area contributed by atoms with E-state index in [1.165, 1.54) is 29.1 Å². The van der Waals surface area contributed by atoms with E-state index < -0.39 is 17.3 Å². The van der Waals surface area contributed by atoms with Gasteiger partial charge in [-0.15, -0.1) is 5.10 Å². The molecule has 0 atom stereocenters. The minimum Gasteiger partial charge on any atom is -0.267 e. The summed E-state index contributed by atoms with van der Waals surface area (Å²) in [4.78, 5) is 11.5. The predicted molar refractivity (Wildman–Crippen MR) is 66.5 cm³/mol. The van der Waals surface area contributed by atoms with Crippen molar-refractivity contribution in [1.82, 2.24) is 25.2 Å². The van der Waals surface area contributed by atoms with Crippen LogP contribution in [0.1, 0.15) is 11.1 Å². The molecule has 6 nitrogen and oxygen atoms in total. The van der Waals surface area contributed by atoms with Crippen molar-refractivity contribution >= 4 is 11.0 Å². The van der Waals surface area contributed by atoms with Crippen LogP contribution >= 0.6 is 0 Å². The molecule has 0 radical (unpaired) electrons. The number of hydrogen-bond acceptors (Lipinski definition) is 4. The Morgan fingerprint density at radius 2 is 2.00 bits per heavy atom. The van der Waals surface area contributed by atoms with E-state index in [-0.39, 0.29) is 23.1 Å². The van der Waals surface area contributed by atoms with Gasteiger partial charge in [0, 0.05) is 0 Å². The van der Waals surface area contributed by atoms with Crippen molar-refractivity contribution in [2.24, 2.45) is 0 Å². The molecule has 2 heterocycles. The molecule has 108 valence electrons. The van der Waals surface area contributed by atoms with Crippen molar-refractivity contribution < 1.29 is 13.2 Å². The highest BCUT2D eigenvalue weighted by molar-refractivity contribution is 5.72. The summed E-state index contributed by atoms with van der Waals surface area (Å²) in [5, 5.41) is 13.3. The highest BCUT2D eigenvalue weighted by Crippen LogP contribution is 2.32. The molecular formula is C12H8F3N5O. The number of rotatable bonds is 2. The molecule has 0 aliphatic carbocycles. The standard InChI is InChI=1S/C12H8F3N5O/c13-12(14,15)9-4-2-1-3-7(9)6-20-10-8(5-16-20)11(21)18-19-17-10/h1-5H,6H2,(H,17,18,21). The first-order chi connectivity index (χ1) is 9.97. The van der Waals surface area contributed by atoms with E-state index in [4.69, 9.17) is 0 Å². The maximum atomic E-state index is 12.9. The highest BCUT2D eigenvalue weighted by Gasteiger charge is 2.33. The second kappa shape index (κ2) is 4.69. The van der Waals surface area contributed by atoms with E-state index in [0.29, 0.717) is 0 Å². The predicted octanol–water partition coefficient (Wildman–Crippen LogP) is 1.58. The Balaban J connectivity index is 2.08. The minimum atomic E-state index is -4.46. The van der Waals surface area contributed by atoms with Gasteiger partial charge in [-0.2, -0.15) is 18.3 Å². The first-order valence-corrected chi connectivity index (χ1v) is 5.89. The number of aromatic amines is 1. The van der Waals surface area contributed by atoms with Gasteiger partial charge in [0.15, 0.2) is 5.65 Å². The van der Waals surface area contributed by atoms with Crippen LogP contribution in [0, 0.1) is 0 Å². The third-order valence-electron chi connectivity index (χ3n) is 3.00. The molecule has 1 N–H and O–H groups in total. The zero-order chi connectivity index (χ0) is 15.0. The third kappa shape index (κ3) is 2.37. The molecular weight excluding hydrogens is 287 g/mol. The van der Waals surface area contributed by atoms with Crippen LogP contribution in [-0.4, -0.2) is 25.2 Å². The van der Waals surface area contributed by atoms with Gasteiger partial charge in [0.05, 0.1) is 18.3 Å². The van der Waals surface area contributed by atoms with Crippen molar-refractivity contribution in [1.29, 1.82) is 0 Å². The van der Waals surface area contributed by atoms with Gasteiger partial charge in [-0.3, -0.25) is 4.79 Å². The van der Waals surface area contributed by atoms with Gasteiger partial charge < -0.3 is 0 Å². The second-order valence-corrected chi connectivity index (χ2v) is 4.34. The Kier molecular flexibility index (Phi) is 2.96. The number of H-pyrrole nitrogens is 1. The van der Waals surface area contributed by atoms with Crippen molar-refractivity contribution in [3.05, 3.63) is 51.9 Å². The lowest BCUT2D eigenvalue weighted by Gasteiger charge is -2.12. The molecule has 0 bridgehead atoms. The van der Waals surface area contributed by atoms with E-state index in [1.807, 2.05) is 0 Å². The molecule has 1 aromatic carbocycles. The summed E-state index contributed by atoms with van der Waals surface area (Å²) in [5.41, 5.74) is -1.06. The van der Waals surface area contributed by atoms with Crippen LogP contribution in [0.25, 0.3) is 11.0 Å². The number of fused-ring (bicyclic) bond motifs is 1. The molecule has 0 spiro atoms. The molecule has 21 heavy (non-hydrogen) atoms. The fourth-order valence-electron chi connectivity index (χ4n) is 2.03. The van der Waals surface area contributed by atoms with E-state index in [0.717, 1.165) is 6.07 Å². The molecule has 0 aliphatic heterocycles. The topological polar surface area (TPSA) is 76.5 Å². The number of aromatic nitrogens is 5. The molecule has 3 rings (SSSR count). The molecule has 3 aromatic rings. The maximum Gasteiger partial charge on any atom is 0.416 e. The molecule has 0 fully saturated rings. The molecule has 2 aromatic heterocycles. The van der Waals surface area contributed by atoms with Crippen LogP contribution in [0.4, 0.5) is 13.2 Å². The normalized spacial score (nSPS) is 12.0. The second-order valence-electron chi connectivity index (χ2n) is 4.34. The lowest BCUT2D eigenvalue weighted by molar-refractivity contribution is -0.138. The van der Waals surface area contributed by atoms with Gasteiger partial charge in [0.2, 0.25) is 0 Å². The van der Waals surface area contributed by atoms with Crippen molar-refractivity contribution in [2.45, 2.75) is 12.7 Å². The van der Waals surface area contributed by atoms with E-state index in [9.17, 15) is 18.0 Å². The average molecular weight is 295 g/mol. The highest BCUT2D eigenvalue weighted by atomic mass is 19.4. The number of nitrogens with zero attached hydrogens (tertiary/aromatic N) is 4. The summed E-state index contributed by atoms with van der Waals surface area (Å²) in [6, 6.07) is 5.18. The van der Waals surface area contributed by atoms with Gasteiger partial charge in [-0.05, 0) is 11.6 Å². The fraction of sp³-hybridized carbons (Fsp3) is 0.167. The summed E-state index contributed by atoms with van der Waals surface area (Å²) in [6.45, 7) is -0.155. The maximum absolute atomic E-state index is 12.9. The average Bonchev–Trinajstić information content (AvgIpc) is 2.83.